The Hall–Kier alpha value is -3.44. The molecule has 0 unspecified atom stereocenters. The van der Waals surface area contributed by atoms with Gasteiger partial charge >= 0.3 is 5.97 Å². The molecule has 0 radical (unpaired) electrons. The van der Waals surface area contributed by atoms with Crippen LogP contribution in [0.15, 0.2) is 42.5 Å². The van der Waals surface area contributed by atoms with Crippen LogP contribution < -0.4 is 9.47 Å². The first-order valence-electron chi connectivity index (χ1n) is 10.5. The third-order valence-electron chi connectivity index (χ3n) is 5.41. The second kappa shape index (κ2) is 11.1. The lowest BCUT2D eigenvalue weighted by molar-refractivity contribution is -0.140. The fourth-order valence-electron chi connectivity index (χ4n) is 3.66. The zero-order valence-electron chi connectivity index (χ0n) is 18.0. The summed E-state index contributed by atoms with van der Waals surface area (Å²) in [7, 11) is 3.00. The molecule has 160 valence electrons. The van der Waals surface area contributed by atoms with Crippen LogP contribution in [0.4, 0.5) is 0 Å². The van der Waals surface area contributed by atoms with Crippen molar-refractivity contribution in [3.8, 4) is 29.4 Å². The van der Waals surface area contributed by atoms with Crippen LogP contribution in [0.1, 0.15) is 54.7 Å². The third kappa shape index (κ3) is 6.27. The molecule has 2 aromatic carbocycles. The molecular formula is C26H27NO4. The van der Waals surface area contributed by atoms with Crippen molar-refractivity contribution in [2.24, 2.45) is 0 Å². The highest BCUT2D eigenvalue weighted by molar-refractivity contribution is 5.71. The van der Waals surface area contributed by atoms with E-state index in [9.17, 15) is 4.79 Å². The molecule has 0 heterocycles. The summed E-state index contributed by atoms with van der Waals surface area (Å²) in [4.78, 5) is 12.0. The molecule has 0 aromatic heterocycles. The highest BCUT2D eigenvalue weighted by atomic mass is 16.5. The highest BCUT2D eigenvalue weighted by Gasteiger charge is 2.21. The van der Waals surface area contributed by atoms with Gasteiger partial charge in [0.1, 0.15) is 0 Å². The summed E-state index contributed by atoms with van der Waals surface area (Å²) >= 11 is 0. The van der Waals surface area contributed by atoms with Crippen molar-refractivity contribution in [3.05, 3.63) is 59.2 Å². The molecule has 0 aliphatic heterocycles. The molecule has 1 atom stereocenters. The summed E-state index contributed by atoms with van der Waals surface area (Å²) in [5, 5.41) is 8.81. The van der Waals surface area contributed by atoms with Crippen molar-refractivity contribution < 1.29 is 19.0 Å². The summed E-state index contributed by atoms with van der Waals surface area (Å²) in [6.07, 6.45) is 5.15. The number of rotatable bonds is 7. The number of hydrogen-bond donors (Lipinski definition) is 0. The fourth-order valence-corrected chi connectivity index (χ4v) is 3.66. The maximum absolute atomic E-state index is 12.0. The Kier molecular flexibility index (Phi) is 7.96. The van der Waals surface area contributed by atoms with Gasteiger partial charge in [-0.1, -0.05) is 30.0 Å². The predicted molar refractivity (Wildman–Crippen MR) is 118 cm³/mol. The van der Waals surface area contributed by atoms with Crippen molar-refractivity contribution in [2.75, 3.05) is 14.2 Å². The molecule has 0 spiro atoms. The molecule has 0 amide bonds. The maximum atomic E-state index is 12.0. The molecule has 2 aromatic rings. The minimum atomic E-state index is -0.344. The van der Waals surface area contributed by atoms with Crippen molar-refractivity contribution in [3.63, 3.8) is 0 Å². The van der Waals surface area contributed by atoms with Gasteiger partial charge in [0.15, 0.2) is 11.5 Å². The summed E-state index contributed by atoms with van der Waals surface area (Å²) in [6, 6.07) is 15.4. The summed E-state index contributed by atoms with van der Waals surface area (Å²) in [6.45, 7) is 0. The van der Waals surface area contributed by atoms with Gasteiger partial charge in [0, 0.05) is 5.56 Å². The average Bonchev–Trinajstić information content (AvgIpc) is 3.30. The fraction of sp³-hybridized carbons (Fsp3) is 0.385. The Bertz CT molecular complexity index is 989. The third-order valence-corrected chi connectivity index (χ3v) is 5.41. The van der Waals surface area contributed by atoms with Gasteiger partial charge in [0.05, 0.1) is 45.2 Å². The minimum Gasteiger partial charge on any atom is -0.493 e. The van der Waals surface area contributed by atoms with Crippen LogP contribution >= 0.6 is 0 Å². The zero-order valence-corrected chi connectivity index (χ0v) is 18.0. The zero-order chi connectivity index (χ0) is 22.1. The Labute approximate surface area is 183 Å². The minimum absolute atomic E-state index is 0.144. The largest absolute Gasteiger partial charge is 0.493 e. The Morgan fingerprint density at radius 1 is 1.10 bits per heavy atom. The van der Waals surface area contributed by atoms with Gasteiger partial charge < -0.3 is 14.2 Å². The van der Waals surface area contributed by atoms with Crippen molar-refractivity contribution in [2.45, 2.75) is 50.5 Å². The normalized spacial score (nSPS) is 14.1. The van der Waals surface area contributed by atoms with Gasteiger partial charge in [0.2, 0.25) is 0 Å². The SMILES string of the molecule is COC(=O)C[C@H](C#Cc1ccc(CC#N)cc1)c1ccc(OC)c(OC2CCCC2)c1. The second-order valence-corrected chi connectivity index (χ2v) is 7.57. The van der Waals surface area contributed by atoms with Crippen LogP contribution in [0.25, 0.3) is 0 Å². The number of esters is 1. The Morgan fingerprint density at radius 3 is 2.48 bits per heavy atom. The van der Waals surface area contributed by atoms with E-state index in [2.05, 4.69) is 17.9 Å². The lowest BCUT2D eigenvalue weighted by Gasteiger charge is -2.18. The second-order valence-electron chi connectivity index (χ2n) is 7.57. The van der Waals surface area contributed by atoms with Gasteiger partial charge in [-0.15, -0.1) is 0 Å². The van der Waals surface area contributed by atoms with Crippen LogP contribution in [-0.4, -0.2) is 26.3 Å². The molecule has 1 aliphatic rings. The number of hydrogen-bond acceptors (Lipinski definition) is 5. The number of ether oxygens (including phenoxy) is 3. The van der Waals surface area contributed by atoms with Crippen molar-refractivity contribution in [1.82, 2.24) is 0 Å². The van der Waals surface area contributed by atoms with Gasteiger partial charge in [-0.2, -0.15) is 5.26 Å². The first-order chi connectivity index (χ1) is 15.1. The Morgan fingerprint density at radius 2 is 1.84 bits per heavy atom. The quantitative estimate of drug-likeness (QED) is 0.479. The van der Waals surface area contributed by atoms with E-state index in [0.29, 0.717) is 17.9 Å². The molecule has 5 heteroatoms. The average molecular weight is 418 g/mol. The van der Waals surface area contributed by atoms with E-state index in [1.807, 2.05) is 42.5 Å². The van der Waals surface area contributed by atoms with E-state index in [1.54, 1.807) is 7.11 Å². The molecular weight excluding hydrogens is 390 g/mol. The number of nitrogens with zero attached hydrogens (tertiary/aromatic N) is 1. The molecule has 0 N–H and O–H groups in total. The molecule has 1 saturated carbocycles. The first kappa shape index (κ1) is 22.2. The summed E-state index contributed by atoms with van der Waals surface area (Å²) in [5.41, 5.74) is 2.66. The smallest absolute Gasteiger partial charge is 0.307 e. The lowest BCUT2D eigenvalue weighted by Crippen LogP contribution is -2.12. The van der Waals surface area contributed by atoms with E-state index >= 15 is 0 Å². The monoisotopic (exact) mass is 417 g/mol. The predicted octanol–water partition coefficient (Wildman–Crippen LogP) is 4.78. The number of methoxy groups -OCH3 is 2. The topological polar surface area (TPSA) is 68.6 Å². The molecule has 1 fully saturated rings. The molecule has 1 aliphatic carbocycles. The van der Waals surface area contributed by atoms with Crippen LogP contribution in [0.5, 0.6) is 11.5 Å². The van der Waals surface area contributed by atoms with E-state index in [4.69, 9.17) is 19.5 Å². The van der Waals surface area contributed by atoms with E-state index in [-0.39, 0.29) is 24.4 Å². The Balaban J connectivity index is 1.87. The van der Waals surface area contributed by atoms with Crippen LogP contribution in [-0.2, 0) is 16.0 Å². The number of carbonyl (C=O) groups is 1. The van der Waals surface area contributed by atoms with Crippen molar-refractivity contribution >= 4 is 5.97 Å². The van der Waals surface area contributed by atoms with Gasteiger partial charge in [-0.3, -0.25) is 4.79 Å². The van der Waals surface area contributed by atoms with Gasteiger partial charge in [-0.05, 0) is 61.1 Å². The molecule has 3 rings (SSSR count). The van der Waals surface area contributed by atoms with E-state index < -0.39 is 0 Å². The standard InChI is InChI=1S/C26H27NO4/c1-29-24-14-13-21(17-25(24)31-23-5-3-4-6-23)22(18-26(28)30-2)12-11-19-7-9-20(10-8-19)15-16-27/h7-10,13-14,17,22-23H,3-6,15,18H2,1-2H3/t22-/m0/s1. The summed E-state index contributed by atoms with van der Waals surface area (Å²) in [5.74, 6) is 7.06. The highest BCUT2D eigenvalue weighted by Crippen LogP contribution is 2.35. The molecule has 5 nitrogen and oxygen atoms in total. The first-order valence-corrected chi connectivity index (χ1v) is 10.5. The number of benzene rings is 2. The molecule has 0 bridgehead atoms. The lowest BCUT2D eigenvalue weighted by atomic mass is 9.95. The maximum Gasteiger partial charge on any atom is 0.307 e. The summed E-state index contributed by atoms with van der Waals surface area (Å²) < 4.78 is 16.6. The molecule has 0 saturated heterocycles. The van der Waals surface area contributed by atoms with Crippen molar-refractivity contribution in [1.29, 1.82) is 5.26 Å². The van der Waals surface area contributed by atoms with Gasteiger partial charge in [0.25, 0.3) is 0 Å². The van der Waals surface area contributed by atoms with Crippen LogP contribution in [0.2, 0.25) is 0 Å². The van der Waals surface area contributed by atoms with E-state index in [0.717, 1.165) is 29.5 Å². The number of carbonyl (C=O) groups excluding carboxylic acids is 1. The number of nitriles is 1. The molecule has 31 heavy (non-hydrogen) atoms. The van der Waals surface area contributed by atoms with Gasteiger partial charge in [-0.25, -0.2) is 0 Å². The van der Waals surface area contributed by atoms with Crippen LogP contribution in [0.3, 0.4) is 0 Å². The van der Waals surface area contributed by atoms with Crippen LogP contribution in [0, 0.1) is 23.2 Å². The van der Waals surface area contributed by atoms with E-state index in [1.165, 1.54) is 20.0 Å².